The lowest BCUT2D eigenvalue weighted by Crippen LogP contribution is -2.39. The van der Waals surface area contributed by atoms with Crippen LogP contribution in [0.3, 0.4) is 0 Å². The van der Waals surface area contributed by atoms with E-state index >= 15 is 0 Å². The number of aromatic nitrogens is 2. The van der Waals surface area contributed by atoms with Crippen molar-refractivity contribution in [2.45, 2.75) is 12.3 Å². The third-order valence-corrected chi connectivity index (χ3v) is 2.78. The first-order chi connectivity index (χ1) is 7.29. The van der Waals surface area contributed by atoms with Gasteiger partial charge in [0.05, 0.1) is 5.92 Å². The van der Waals surface area contributed by atoms with E-state index in [9.17, 15) is 4.79 Å². The van der Waals surface area contributed by atoms with Crippen molar-refractivity contribution >= 4 is 5.97 Å². The van der Waals surface area contributed by atoms with E-state index in [0.29, 0.717) is 6.54 Å². The maximum absolute atomic E-state index is 11.1. The number of nitrogens with zero attached hydrogens (tertiary/aromatic N) is 2. The van der Waals surface area contributed by atoms with Crippen LogP contribution in [-0.4, -0.2) is 34.1 Å². The molecule has 2 N–H and O–H groups in total. The van der Waals surface area contributed by atoms with E-state index < -0.39 is 5.97 Å². The summed E-state index contributed by atoms with van der Waals surface area (Å²) in [7, 11) is 0. The van der Waals surface area contributed by atoms with Crippen LogP contribution in [0.5, 0.6) is 0 Å². The van der Waals surface area contributed by atoms with Crippen molar-refractivity contribution in [2.24, 2.45) is 5.92 Å². The van der Waals surface area contributed by atoms with Gasteiger partial charge in [-0.1, -0.05) is 0 Å². The van der Waals surface area contributed by atoms with Crippen LogP contribution in [0.15, 0.2) is 18.6 Å². The zero-order chi connectivity index (χ0) is 10.7. The molecule has 0 aromatic carbocycles. The van der Waals surface area contributed by atoms with Crippen LogP contribution in [0.2, 0.25) is 0 Å². The number of piperidine rings is 1. The van der Waals surface area contributed by atoms with Crippen LogP contribution in [0.4, 0.5) is 0 Å². The second-order valence-electron chi connectivity index (χ2n) is 3.68. The molecule has 0 aliphatic carbocycles. The predicted octanol–water partition coefficient (Wildman–Crippen LogP) is 0.254. The lowest BCUT2D eigenvalue weighted by molar-refractivity contribution is -0.143. The van der Waals surface area contributed by atoms with E-state index in [0.717, 1.165) is 18.7 Å². The summed E-state index contributed by atoms with van der Waals surface area (Å²) in [4.78, 5) is 19.0. The second kappa shape index (κ2) is 4.35. The number of hydrogen-bond donors (Lipinski definition) is 2. The van der Waals surface area contributed by atoms with Gasteiger partial charge in [-0.15, -0.1) is 0 Å². The molecule has 0 bridgehead atoms. The average molecular weight is 207 g/mol. The highest BCUT2D eigenvalue weighted by Crippen LogP contribution is 2.28. The summed E-state index contributed by atoms with van der Waals surface area (Å²) in [5, 5.41) is 12.2. The van der Waals surface area contributed by atoms with Crippen LogP contribution in [-0.2, 0) is 4.79 Å². The largest absolute Gasteiger partial charge is 0.481 e. The van der Waals surface area contributed by atoms with E-state index in [1.807, 2.05) is 0 Å². The number of carboxylic acids is 1. The van der Waals surface area contributed by atoms with Gasteiger partial charge in [-0.05, 0) is 19.0 Å². The van der Waals surface area contributed by atoms with Gasteiger partial charge in [0.15, 0.2) is 0 Å². The first kappa shape index (κ1) is 10.0. The Morgan fingerprint density at radius 2 is 2.47 bits per heavy atom. The third kappa shape index (κ3) is 2.12. The Balaban J connectivity index is 2.22. The normalized spacial score (nSPS) is 26.1. The molecule has 1 saturated heterocycles. The zero-order valence-electron chi connectivity index (χ0n) is 8.26. The summed E-state index contributed by atoms with van der Waals surface area (Å²) in [6.07, 6.45) is 3.94. The smallest absolute Gasteiger partial charge is 0.308 e. The van der Waals surface area contributed by atoms with Crippen LogP contribution >= 0.6 is 0 Å². The monoisotopic (exact) mass is 207 g/mol. The van der Waals surface area contributed by atoms with Crippen LogP contribution < -0.4 is 5.32 Å². The first-order valence-corrected chi connectivity index (χ1v) is 4.98. The summed E-state index contributed by atoms with van der Waals surface area (Å²) < 4.78 is 0. The molecule has 1 aromatic rings. The molecule has 1 aliphatic heterocycles. The van der Waals surface area contributed by atoms with E-state index in [2.05, 4.69) is 15.3 Å². The second-order valence-corrected chi connectivity index (χ2v) is 3.68. The quantitative estimate of drug-likeness (QED) is 0.727. The van der Waals surface area contributed by atoms with E-state index in [-0.39, 0.29) is 11.8 Å². The molecule has 2 heterocycles. The lowest BCUT2D eigenvalue weighted by Gasteiger charge is -2.28. The van der Waals surface area contributed by atoms with E-state index in [4.69, 9.17) is 5.11 Å². The first-order valence-electron chi connectivity index (χ1n) is 4.98. The summed E-state index contributed by atoms with van der Waals surface area (Å²) in [5.41, 5.74) is 0.832. The minimum atomic E-state index is -0.759. The molecule has 5 heteroatoms. The molecule has 2 atom stereocenters. The fourth-order valence-electron chi connectivity index (χ4n) is 1.99. The Hall–Kier alpha value is -1.49. The fourth-order valence-corrected chi connectivity index (χ4v) is 1.99. The van der Waals surface area contributed by atoms with Crippen molar-refractivity contribution < 1.29 is 9.90 Å². The van der Waals surface area contributed by atoms with E-state index in [1.165, 1.54) is 6.33 Å². The minimum absolute atomic E-state index is 0.00625. The standard InChI is InChI=1S/C10H13N3O2/c14-10(15)8-5-11-3-1-7(8)9-2-4-12-6-13-9/h2,4,6-8,11H,1,3,5H2,(H,14,15). The molecule has 1 fully saturated rings. The van der Waals surface area contributed by atoms with E-state index in [1.54, 1.807) is 12.3 Å². The molecule has 0 radical (unpaired) electrons. The number of nitrogens with one attached hydrogen (secondary N) is 1. The highest BCUT2D eigenvalue weighted by molar-refractivity contribution is 5.71. The molecular formula is C10H13N3O2. The Bertz CT molecular complexity index is 342. The van der Waals surface area contributed by atoms with Crippen molar-refractivity contribution in [3.05, 3.63) is 24.3 Å². The predicted molar refractivity (Wildman–Crippen MR) is 53.4 cm³/mol. The van der Waals surface area contributed by atoms with Gasteiger partial charge in [-0.25, -0.2) is 9.97 Å². The number of hydrogen-bond acceptors (Lipinski definition) is 4. The molecule has 1 aromatic heterocycles. The summed E-state index contributed by atoms with van der Waals surface area (Å²) >= 11 is 0. The maximum Gasteiger partial charge on any atom is 0.308 e. The minimum Gasteiger partial charge on any atom is -0.481 e. The van der Waals surface area contributed by atoms with Gasteiger partial charge in [0, 0.05) is 24.4 Å². The highest BCUT2D eigenvalue weighted by Gasteiger charge is 2.32. The number of carbonyl (C=O) groups is 1. The van der Waals surface area contributed by atoms with Crippen molar-refractivity contribution in [1.29, 1.82) is 0 Å². The van der Waals surface area contributed by atoms with Crippen molar-refractivity contribution in [3.8, 4) is 0 Å². The molecule has 1 aliphatic rings. The molecule has 15 heavy (non-hydrogen) atoms. The number of carboxylic acid groups (broad SMARTS) is 1. The third-order valence-electron chi connectivity index (χ3n) is 2.78. The fraction of sp³-hybridized carbons (Fsp3) is 0.500. The molecule has 0 saturated carbocycles. The number of rotatable bonds is 2. The Morgan fingerprint density at radius 3 is 3.13 bits per heavy atom. The van der Waals surface area contributed by atoms with Gasteiger partial charge >= 0.3 is 5.97 Å². The van der Waals surface area contributed by atoms with Gasteiger partial charge in [0.25, 0.3) is 0 Å². The van der Waals surface area contributed by atoms with Gasteiger partial charge in [-0.2, -0.15) is 0 Å². The van der Waals surface area contributed by atoms with Crippen molar-refractivity contribution in [3.63, 3.8) is 0 Å². The topological polar surface area (TPSA) is 75.1 Å². The van der Waals surface area contributed by atoms with Gasteiger partial charge in [0.2, 0.25) is 0 Å². The molecule has 80 valence electrons. The van der Waals surface area contributed by atoms with Crippen molar-refractivity contribution in [2.75, 3.05) is 13.1 Å². The molecule has 5 nitrogen and oxygen atoms in total. The summed E-state index contributed by atoms with van der Waals surface area (Å²) in [5.74, 6) is -1.13. The summed E-state index contributed by atoms with van der Waals surface area (Å²) in [6.45, 7) is 1.36. The average Bonchev–Trinajstić information content (AvgIpc) is 2.30. The summed E-state index contributed by atoms with van der Waals surface area (Å²) in [6, 6.07) is 1.80. The Morgan fingerprint density at radius 1 is 1.60 bits per heavy atom. The molecular weight excluding hydrogens is 194 g/mol. The zero-order valence-corrected chi connectivity index (χ0v) is 8.26. The molecule has 0 spiro atoms. The number of aliphatic carboxylic acids is 1. The van der Waals surface area contributed by atoms with Crippen LogP contribution in [0.1, 0.15) is 18.0 Å². The Kier molecular flexibility index (Phi) is 2.91. The van der Waals surface area contributed by atoms with Gasteiger partial charge in [0.1, 0.15) is 6.33 Å². The van der Waals surface area contributed by atoms with Gasteiger partial charge in [-0.3, -0.25) is 4.79 Å². The molecule has 2 rings (SSSR count). The maximum atomic E-state index is 11.1. The lowest BCUT2D eigenvalue weighted by atomic mass is 9.84. The van der Waals surface area contributed by atoms with Crippen LogP contribution in [0.25, 0.3) is 0 Å². The van der Waals surface area contributed by atoms with Crippen LogP contribution in [0, 0.1) is 5.92 Å². The van der Waals surface area contributed by atoms with Crippen molar-refractivity contribution in [1.82, 2.24) is 15.3 Å². The molecule has 0 amide bonds. The highest BCUT2D eigenvalue weighted by atomic mass is 16.4. The Labute approximate surface area is 87.6 Å². The molecule has 2 unspecified atom stereocenters. The van der Waals surface area contributed by atoms with Gasteiger partial charge < -0.3 is 10.4 Å². The SMILES string of the molecule is O=C(O)C1CNCCC1c1ccncn1.